The summed E-state index contributed by atoms with van der Waals surface area (Å²) in [6.07, 6.45) is 1.44. The molecule has 0 aliphatic carbocycles. The number of benzene rings is 1. The minimum absolute atomic E-state index is 0.0303. The van der Waals surface area contributed by atoms with E-state index >= 15 is 0 Å². The van der Waals surface area contributed by atoms with Crippen molar-refractivity contribution < 1.29 is 8.42 Å². The Morgan fingerprint density at radius 2 is 2.10 bits per heavy atom. The maximum atomic E-state index is 12.3. The lowest BCUT2D eigenvalue weighted by Gasteiger charge is -2.16. The maximum absolute atomic E-state index is 12.3. The highest BCUT2D eigenvalue weighted by molar-refractivity contribution is 9.10. The third kappa shape index (κ3) is 4.11. The second-order valence-electron chi connectivity index (χ2n) is 4.26. The van der Waals surface area contributed by atoms with Gasteiger partial charge in [-0.3, -0.25) is 0 Å². The summed E-state index contributed by atoms with van der Waals surface area (Å²) in [6.45, 7) is 0. The first kappa shape index (κ1) is 15.6. The van der Waals surface area contributed by atoms with Gasteiger partial charge in [0.25, 0.3) is 10.0 Å². The average molecular weight is 366 g/mol. The molecule has 0 aliphatic heterocycles. The highest BCUT2D eigenvalue weighted by Gasteiger charge is 2.22. The summed E-state index contributed by atoms with van der Waals surface area (Å²) in [6, 6.07) is 13.2. The first-order valence-electron chi connectivity index (χ1n) is 6.09. The SMILES string of the molecule is N#CCC(NS(=O)(=O)c1ccccn1)c1cccc(Br)c1. The fourth-order valence-corrected chi connectivity index (χ4v) is 3.38. The molecule has 2 aromatic rings. The molecule has 0 amide bonds. The van der Waals surface area contributed by atoms with Crippen LogP contribution in [0.25, 0.3) is 0 Å². The van der Waals surface area contributed by atoms with E-state index in [9.17, 15) is 8.42 Å². The van der Waals surface area contributed by atoms with Crippen LogP contribution >= 0.6 is 15.9 Å². The topological polar surface area (TPSA) is 82.9 Å². The molecule has 0 fully saturated rings. The third-order valence-electron chi connectivity index (χ3n) is 2.76. The molecule has 0 bridgehead atoms. The standard InChI is InChI=1S/C14H12BrN3O2S/c15-12-5-3-4-11(10-12)13(7-8-16)18-21(19,20)14-6-1-2-9-17-14/h1-6,9-10,13,18H,7H2. The van der Waals surface area contributed by atoms with Crippen LogP contribution in [0.2, 0.25) is 0 Å². The molecule has 1 N–H and O–H groups in total. The number of aromatic nitrogens is 1. The number of hydrogen-bond donors (Lipinski definition) is 1. The van der Waals surface area contributed by atoms with Gasteiger partial charge in [0, 0.05) is 10.7 Å². The zero-order chi connectivity index (χ0) is 15.3. The van der Waals surface area contributed by atoms with Crippen LogP contribution in [0.15, 0.2) is 58.2 Å². The zero-order valence-electron chi connectivity index (χ0n) is 10.9. The van der Waals surface area contributed by atoms with Gasteiger partial charge in [-0.1, -0.05) is 34.1 Å². The minimum atomic E-state index is -3.77. The minimum Gasteiger partial charge on any atom is -0.243 e. The monoisotopic (exact) mass is 365 g/mol. The van der Waals surface area contributed by atoms with Gasteiger partial charge in [-0.05, 0) is 29.8 Å². The molecule has 5 nitrogen and oxygen atoms in total. The van der Waals surface area contributed by atoms with Crippen LogP contribution in [0.1, 0.15) is 18.0 Å². The zero-order valence-corrected chi connectivity index (χ0v) is 13.3. The summed E-state index contributed by atoms with van der Waals surface area (Å²) < 4.78 is 27.9. The normalized spacial score (nSPS) is 12.6. The molecule has 0 spiro atoms. The second-order valence-corrected chi connectivity index (χ2v) is 6.84. The Morgan fingerprint density at radius 1 is 1.29 bits per heavy atom. The highest BCUT2D eigenvalue weighted by Crippen LogP contribution is 2.22. The number of nitrogens with one attached hydrogen (secondary N) is 1. The smallest absolute Gasteiger partial charge is 0.243 e. The lowest BCUT2D eigenvalue weighted by molar-refractivity contribution is 0.555. The van der Waals surface area contributed by atoms with Crippen LogP contribution in [0, 0.1) is 11.3 Å². The molecule has 0 radical (unpaired) electrons. The van der Waals surface area contributed by atoms with Crippen LogP contribution in [-0.2, 0) is 10.0 Å². The van der Waals surface area contributed by atoms with Gasteiger partial charge in [-0.2, -0.15) is 5.26 Å². The molecule has 1 unspecified atom stereocenters. The van der Waals surface area contributed by atoms with E-state index in [1.807, 2.05) is 12.1 Å². The van der Waals surface area contributed by atoms with Gasteiger partial charge in [0.2, 0.25) is 0 Å². The Morgan fingerprint density at radius 3 is 2.71 bits per heavy atom. The van der Waals surface area contributed by atoms with Crippen molar-refractivity contribution in [3.8, 4) is 6.07 Å². The van der Waals surface area contributed by atoms with Gasteiger partial charge >= 0.3 is 0 Å². The van der Waals surface area contributed by atoms with Crippen LogP contribution in [0.4, 0.5) is 0 Å². The van der Waals surface area contributed by atoms with Crippen molar-refractivity contribution in [1.29, 1.82) is 5.26 Å². The first-order chi connectivity index (χ1) is 10.0. The van der Waals surface area contributed by atoms with Crippen LogP contribution in [-0.4, -0.2) is 13.4 Å². The van der Waals surface area contributed by atoms with E-state index in [1.54, 1.807) is 30.3 Å². The Balaban J connectivity index is 2.31. The number of hydrogen-bond acceptors (Lipinski definition) is 4. The molecule has 7 heteroatoms. The van der Waals surface area contributed by atoms with Gasteiger partial charge in [-0.15, -0.1) is 0 Å². The second kappa shape index (κ2) is 6.80. The molecule has 0 saturated heterocycles. The van der Waals surface area contributed by atoms with Crippen LogP contribution in [0.3, 0.4) is 0 Å². The van der Waals surface area contributed by atoms with Gasteiger partial charge in [0.1, 0.15) is 0 Å². The summed E-state index contributed by atoms with van der Waals surface area (Å²) in [5.74, 6) is 0. The predicted molar refractivity (Wildman–Crippen MR) is 81.7 cm³/mol. The van der Waals surface area contributed by atoms with Crippen molar-refractivity contribution in [3.05, 3.63) is 58.7 Å². The fraction of sp³-hybridized carbons (Fsp3) is 0.143. The summed E-state index contributed by atoms with van der Waals surface area (Å²) in [5.41, 5.74) is 0.713. The van der Waals surface area contributed by atoms with Gasteiger partial charge in [0.15, 0.2) is 5.03 Å². The molecule has 1 aromatic heterocycles. The molecular formula is C14H12BrN3O2S. The van der Waals surface area contributed by atoms with E-state index in [0.29, 0.717) is 5.56 Å². The fourth-order valence-electron chi connectivity index (χ4n) is 1.80. The molecule has 1 atom stereocenters. The van der Waals surface area contributed by atoms with Crippen LogP contribution < -0.4 is 4.72 Å². The average Bonchev–Trinajstić information content (AvgIpc) is 2.47. The van der Waals surface area contributed by atoms with Gasteiger partial charge in [-0.25, -0.2) is 18.1 Å². The van der Waals surface area contributed by atoms with Crippen LogP contribution in [0.5, 0.6) is 0 Å². The number of nitriles is 1. The van der Waals surface area contributed by atoms with E-state index in [1.165, 1.54) is 12.3 Å². The molecular weight excluding hydrogens is 354 g/mol. The lowest BCUT2D eigenvalue weighted by Crippen LogP contribution is -2.29. The van der Waals surface area contributed by atoms with E-state index < -0.39 is 16.1 Å². The molecule has 108 valence electrons. The van der Waals surface area contributed by atoms with E-state index in [4.69, 9.17) is 5.26 Å². The Kier molecular flexibility index (Phi) is 5.07. The molecule has 21 heavy (non-hydrogen) atoms. The highest BCUT2D eigenvalue weighted by atomic mass is 79.9. The maximum Gasteiger partial charge on any atom is 0.258 e. The van der Waals surface area contributed by atoms with Crippen molar-refractivity contribution in [2.45, 2.75) is 17.5 Å². The van der Waals surface area contributed by atoms with Crippen molar-refractivity contribution in [2.75, 3.05) is 0 Å². The van der Waals surface area contributed by atoms with E-state index in [-0.39, 0.29) is 11.4 Å². The Labute approximate surface area is 131 Å². The van der Waals surface area contributed by atoms with Gasteiger partial charge in [0.05, 0.1) is 18.5 Å². The number of sulfonamides is 1. The summed E-state index contributed by atoms with van der Waals surface area (Å²) in [5, 5.41) is 8.86. The summed E-state index contributed by atoms with van der Waals surface area (Å²) in [4.78, 5) is 3.83. The largest absolute Gasteiger partial charge is 0.258 e. The first-order valence-corrected chi connectivity index (χ1v) is 8.36. The van der Waals surface area contributed by atoms with Crippen molar-refractivity contribution in [3.63, 3.8) is 0 Å². The number of rotatable bonds is 5. The van der Waals surface area contributed by atoms with Crippen molar-refractivity contribution in [1.82, 2.24) is 9.71 Å². The lowest BCUT2D eigenvalue weighted by atomic mass is 10.1. The van der Waals surface area contributed by atoms with Crippen molar-refractivity contribution >= 4 is 26.0 Å². The predicted octanol–water partition coefficient (Wildman–Crippen LogP) is 2.78. The third-order valence-corrected chi connectivity index (χ3v) is 4.64. The summed E-state index contributed by atoms with van der Waals surface area (Å²) >= 11 is 3.33. The molecule has 0 saturated carbocycles. The van der Waals surface area contributed by atoms with Gasteiger partial charge < -0.3 is 0 Å². The quantitative estimate of drug-likeness (QED) is 0.882. The summed E-state index contributed by atoms with van der Waals surface area (Å²) in [7, 11) is -3.77. The number of pyridine rings is 1. The molecule has 1 aromatic carbocycles. The van der Waals surface area contributed by atoms with Crippen molar-refractivity contribution in [2.24, 2.45) is 0 Å². The number of nitrogens with zero attached hydrogens (tertiary/aromatic N) is 2. The molecule has 0 aliphatic rings. The number of halogens is 1. The Bertz CT molecular complexity index is 757. The van der Waals surface area contributed by atoms with E-state index in [0.717, 1.165) is 4.47 Å². The van der Waals surface area contributed by atoms with E-state index in [2.05, 4.69) is 25.6 Å². The molecule has 2 rings (SSSR count). The Hall–Kier alpha value is -1.75. The molecule has 1 heterocycles.